The van der Waals surface area contributed by atoms with Gasteiger partial charge in [0.1, 0.15) is 17.0 Å². The molecule has 1 atom stereocenters. The predicted molar refractivity (Wildman–Crippen MR) is 92.6 cm³/mol. The van der Waals surface area contributed by atoms with Crippen LogP contribution < -0.4 is 0 Å². The quantitative estimate of drug-likeness (QED) is 0.659. The van der Waals surface area contributed by atoms with Gasteiger partial charge >= 0.3 is 0 Å². The van der Waals surface area contributed by atoms with E-state index in [9.17, 15) is 4.79 Å². The van der Waals surface area contributed by atoms with Crippen LogP contribution >= 0.6 is 22.9 Å². The maximum atomic E-state index is 12.8. The van der Waals surface area contributed by atoms with Gasteiger partial charge in [0.15, 0.2) is 0 Å². The molecule has 1 fully saturated rings. The summed E-state index contributed by atoms with van der Waals surface area (Å²) >= 11 is 7.43. The molecule has 0 aliphatic carbocycles. The average Bonchev–Trinajstić information content (AvgIpc) is 3.19. The van der Waals surface area contributed by atoms with Gasteiger partial charge in [-0.25, -0.2) is 9.97 Å². The van der Waals surface area contributed by atoms with Crippen molar-refractivity contribution in [1.82, 2.24) is 19.4 Å². The van der Waals surface area contributed by atoms with Crippen molar-refractivity contribution in [1.29, 1.82) is 0 Å². The number of benzene rings is 1. The molecule has 5 nitrogen and oxygen atoms in total. The van der Waals surface area contributed by atoms with E-state index in [0.29, 0.717) is 5.88 Å². The van der Waals surface area contributed by atoms with Crippen LogP contribution in [-0.4, -0.2) is 31.9 Å². The van der Waals surface area contributed by atoms with E-state index in [-0.39, 0.29) is 11.9 Å². The zero-order chi connectivity index (χ0) is 16.3. The molecular weight excluding hydrogens is 344 g/mol. The Hall–Kier alpha value is -2.18. The second-order valence-corrected chi connectivity index (χ2v) is 7.07. The molecule has 3 aromatic rings. The molecule has 5 rings (SSSR count). The van der Waals surface area contributed by atoms with Crippen molar-refractivity contribution in [3.8, 4) is 16.4 Å². The summed E-state index contributed by atoms with van der Waals surface area (Å²) in [5.74, 6) is 0.487. The minimum atomic E-state index is 0.0609. The lowest BCUT2D eigenvalue weighted by atomic mass is 9.97. The van der Waals surface area contributed by atoms with Crippen molar-refractivity contribution in [2.75, 3.05) is 6.54 Å². The van der Waals surface area contributed by atoms with Gasteiger partial charge in [-0.1, -0.05) is 12.1 Å². The number of hydrogen-bond donors (Lipinski definition) is 0. The zero-order valence-corrected chi connectivity index (χ0v) is 14.2. The fraction of sp³-hybridized carbons (Fsp3) is 0.235. The Bertz CT molecular complexity index is 963. The first-order valence-corrected chi connectivity index (χ1v) is 9.17. The van der Waals surface area contributed by atoms with E-state index in [2.05, 4.69) is 9.97 Å². The number of carbonyl (C=O) groups is 1. The highest BCUT2D eigenvalue weighted by Crippen LogP contribution is 2.43. The molecule has 2 aliphatic heterocycles. The summed E-state index contributed by atoms with van der Waals surface area (Å²) in [4.78, 5) is 24.0. The van der Waals surface area contributed by atoms with E-state index in [1.54, 1.807) is 17.7 Å². The summed E-state index contributed by atoms with van der Waals surface area (Å²) in [5.41, 5.74) is 4.38. The highest BCUT2D eigenvalue weighted by Gasteiger charge is 2.41. The van der Waals surface area contributed by atoms with Gasteiger partial charge in [-0.2, -0.15) is 0 Å². The van der Waals surface area contributed by atoms with Crippen LogP contribution in [0.3, 0.4) is 0 Å². The zero-order valence-electron chi connectivity index (χ0n) is 12.6. The monoisotopic (exact) mass is 356 g/mol. The van der Waals surface area contributed by atoms with E-state index in [4.69, 9.17) is 11.6 Å². The van der Waals surface area contributed by atoms with Crippen molar-refractivity contribution in [3.05, 3.63) is 52.9 Å². The number of hydrogen-bond acceptors (Lipinski definition) is 4. The fourth-order valence-corrected chi connectivity index (χ4v) is 4.50. The van der Waals surface area contributed by atoms with Crippen LogP contribution in [0.4, 0.5) is 0 Å². The minimum Gasteiger partial charge on any atom is -0.330 e. The lowest BCUT2D eigenvalue weighted by Gasteiger charge is -2.39. The molecule has 0 spiro atoms. The number of rotatable bonds is 2. The maximum Gasteiger partial charge on any atom is 0.256 e. The van der Waals surface area contributed by atoms with Crippen LogP contribution in [0, 0.1) is 0 Å². The third kappa shape index (κ3) is 1.84. The predicted octanol–water partition coefficient (Wildman–Crippen LogP) is 3.64. The Morgan fingerprint density at radius 1 is 1.33 bits per heavy atom. The summed E-state index contributed by atoms with van der Waals surface area (Å²) < 4.78 is 2.05. The van der Waals surface area contributed by atoms with Gasteiger partial charge in [-0.15, -0.1) is 22.9 Å². The topological polar surface area (TPSA) is 51.0 Å². The molecule has 1 aromatic carbocycles. The number of aromatic nitrogens is 3. The normalized spacial score (nSPS) is 18.5. The number of fused-ring (bicyclic) bond motifs is 5. The highest BCUT2D eigenvalue weighted by molar-refractivity contribution is 7.13. The SMILES string of the molecule is O=C1c2ccccc2-n2cnc(-c3nc(CCl)cs3)c2[C@@H]2CCN12. The Balaban J connectivity index is 1.75. The molecule has 7 heteroatoms. The molecule has 2 aliphatic rings. The summed E-state index contributed by atoms with van der Waals surface area (Å²) in [6, 6.07) is 7.78. The summed E-state index contributed by atoms with van der Waals surface area (Å²) in [7, 11) is 0. The standard InChI is InChI=1S/C17H13ClN4OS/c18-7-10-8-24-16(20-10)14-15-13-5-6-21(13)17(23)11-3-1-2-4-12(11)22(15)9-19-14/h1-4,8-9,13H,5-7H2/t13-/m0/s1. The third-order valence-corrected chi connectivity index (χ3v) is 5.86. The maximum absolute atomic E-state index is 12.8. The van der Waals surface area contributed by atoms with E-state index in [1.165, 1.54) is 0 Å². The van der Waals surface area contributed by atoms with Gasteiger partial charge in [0.2, 0.25) is 0 Å². The number of amides is 1. The Morgan fingerprint density at radius 2 is 2.21 bits per heavy atom. The lowest BCUT2D eigenvalue weighted by molar-refractivity contribution is 0.0461. The van der Waals surface area contributed by atoms with Gasteiger partial charge in [0, 0.05) is 11.9 Å². The minimum absolute atomic E-state index is 0.0609. The van der Waals surface area contributed by atoms with Gasteiger partial charge in [-0.3, -0.25) is 9.36 Å². The van der Waals surface area contributed by atoms with Crippen LogP contribution in [0.2, 0.25) is 0 Å². The number of nitrogens with zero attached hydrogens (tertiary/aromatic N) is 4. The van der Waals surface area contributed by atoms with Gasteiger partial charge in [0.05, 0.1) is 34.6 Å². The summed E-state index contributed by atoms with van der Waals surface area (Å²) in [5, 5.41) is 2.82. The molecule has 0 bridgehead atoms. The van der Waals surface area contributed by atoms with Crippen molar-refractivity contribution in [3.63, 3.8) is 0 Å². The molecule has 1 amide bonds. The Kier molecular flexibility index (Phi) is 3.05. The molecule has 1 saturated heterocycles. The number of para-hydroxylation sites is 1. The second kappa shape index (κ2) is 5.16. The third-order valence-electron chi connectivity index (χ3n) is 4.69. The van der Waals surface area contributed by atoms with Crippen molar-refractivity contribution in [2.24, 2.45) is 0 Å². The van der Waals surface area contributed by atoms with E-state index in [0.717, 1.165) is 46.3 Å². The smallest absolute Gasteiger partial charge is 0.256 e. The van der Waals surface area contributed by atoms with Crippen LogP contribution in [0.5, 0.6) is 0 Å². The van der Waals surface area contributed by atoms with Crippen LogP contribution in [-0.2, 0) is 5.88 Å². The van der Waals surface area contributed by atoms with Gasteiger partial charge in [0.25, 0.3) is 5.91 Å². The number of carbonyl (C=O) groups excluding carboxylic acids is 1. The van der Waals surface area contributed by atoms with Crippen LogP contribution in [0.1, 0.15) is 34.2 Å². The summed E-state index contributed by atoms with van der Waals surface area (Å²) in [6.07, 6.45) is 2.76. The molecule has 120 valence electrons. The Morgan fingerprint density at radius 3 is 2.96 bits per heavy atom. The largest absolute Gasteiger partial charge is 0.330 e. The first-order valence-electron chi connectivity index (χ1n) is 7.76. The number of thiazole rings is 1. The molecule has 0 N–H and O–H groups in total. The molecule has 0 saturated carbocycles. The van der Waals surface area contributed by atoms with Crippen molar-refractivity contribution in [2.45, 2.75) is 18.3 Å². The first-order chi connectivity index (χ1) is 11.8. The molecule has 0 unspecified atom stereocenters. The highest BCUT2D eigenvalue weighted by atomic mass is 35.5. The Labute approximate surface area is 147 Å². The lowest BCUT2D eigenvalue weighted by Crippen LogP contribution is -2.44. The van der Waals surface area contributed by atoms with Crippen LogP contribution in [0.15, 0.2) is 36.0 Å². The molecule has 4 heterocycles. The number of halogens is 1. The average molecular weight is 357 g/mol. The molecule has 2 aromatic heterocycles. The fourth-order valence-electron chi connectivity index (χ4n) is 3.44. The molecular formula is C17H13ClN4OS. The first kappa shape index (κ1) is 14.2. The summed E-state index contributed by atoms with van der Waals surface area (Å²) in [6.45, 7) is 0.785. The van der Waals surface area contributed by atoms with E-state index >= 15 is 0 Å². The number of alkyl halides is 1. The molecule has 0 radical (unpaired) electrons. The van der Waals surface area contributed by atoms with E-state index < -0.39 is 0 Å². The number of imidazole rings is 1. The second-order valence-electron chi connectivity index (χ2n) is 5.95. The van der Waals surface area contributed by atoms with Gasteiger partial charge in [-0.05, 0) is 18.6 Å². The molecule has 24 heavy (non-hydrogen) atoms. The van der Waals surface area contributed by atoms with E-state index in [1.807, 2.05) is 39.1 Å². The van der Waals surface area contributed by atoms with Crippen LogP contribution in [0.25, 0.3) is 16.4 Å². The van der Waals surface area contributed by atoms with Crippen molar-refractivity contribution >= 4 is 28.8 Å². The van der Waals surface area contributed by atoms with Gasteiger partial charge < -0.3 is 4.90 Å². The van der Waals surface area contributed by atoms with Crippen molar-refractivity contribution < 1.29 is 4.79 Å².